The van der Waals surface area contributed by atoms with Gasteiger partial charge in [0.25, 0.3) is 0 Å². The maximum atomic E-state index is 6.22. The fourth-order valence-electron chi connectivity index (χ4n) is 1.58. The Morgan fingerprint density at radius 1 is 1.39 bits per heavy atom. The predicted molar refractivity (Wildman–Crippen MR) is 81.2 cm³/mol. The summed E-state index contributed by atoms with van der Waals surface area (Å²) in [6, 6.07) is 3.84. The molecule has 0 aliphatic rings. The minimum Gasteiger partial charge on any atom is -0.493 e. The van der Waals surface area contributed by atoms with Gasteiger partial charge in [0.1, 0.15) is 0 Å². The Labute approximate surface area is 122 Å². The van der Waals surface area contributed by atoms with E-state index in [4.69, 9.17) is 21.1 Å². The molecular formula is C14H18BrClO2. The van der Waals surface area contributed by atoms with Gasteiger partial charge in [0, 0.05) is 5.33 Å². The minimum atomic E-state index is 0.562. The number of hydrogen-bond acceptors (Lipinski definition) is 2. The van der Waals surface area contributed by atoms with Crippen LogP contribution >= 0.6 is 27.5 Å². The largest absolute Gasteiger partial charge is 0.493 e. The normalized spacial score (nSPS) is 11.5. The number of allylic oxidation sites excluding steroid dienone is 1. The van der Waals surface area contributed by atoms with E-state index < -0.39 is 0 Å². The molecule has 0 radical (unpaired) electrons. The molecule has 0 heterocycles. The summed E-state index contributed by atoms with van der Waals surface area (Å²) in [5, 5.41) is 1.43. The van der Waals surface area contributed by atoms with E-state index >= 15 is 0 Å². The van der Waals surface area contributed by atoms with E-state index in [1.54, 1.807) is 7.11 Å². The molecule has 0 bridgehead atoms. The molecule has 2 nitrogen and oxygen atoms in total. The predicted octanol–water partition coefficient (Wildman–Crippen LogP) is 4.94. The molecule has 0 unspecified atom stereocenters. The van der Waals surface area contributed by atoms with Gasteiger partial charge in [0.05, 0.1) is 18.7 Å². The van der Waals surface area contributed by atoms with Gasteiger partial charge in [-0.1, -0.05) is 46.1 Å². The highest BCUT2D eigenvalue weighted by molar-refractivity contribution is 9.09. The van der Waals surface area contributed by atoms with Crippen LogP contribution in [0.4, 0.5) is 0 Å². The van der Waals surface area contributed by atoms with Crippen LogP contribution in [0.25, 0.3) is 6.08 Å². The summed E-state index contributed by atoms with van der Waals surface area (Å²) in [6.45, 7) is 4.61. The monoisotopic (exact) mass is 332 g/mol. The van der Waals surface area contributed by atoms with E-state index in [1.807, 2.05) is 19.1 Å². The van der Waals surface area contributed by atoms with Gasteiger partial charge in [-0.05, 0) is 31.0 Å². The number of rotatable bonds is 6. The molecule has 0 spiro atoms. The van der Waals surface area contributed by atoms with Crippen LogP contribution in [0.3, 0.4) is 0 Å². The van der Waals surface area contributed by atoms with Crippen molar-refractivity contribution in [3.05, 3.63) is 28.3 Å². The topological polar surface area (TPSA) is 18.5 Å². The highest BCUT2D eigenvalue weighted by Gasteiger charge is 2.10. The molecule has 0 N–H and O–H groups in total. The van der Waals surface area contributed by atoms with Crippen molar-refractivity contribution in [2.24, 2.45) is 0 Å². The minimum absolute atomic E-state index is 0.562. The lowest BCUT2D eigenvalue weighted by molar-refractivity contribution is 0.311. The Morgan fingerprint density at radius 3 is 2.61 bits per heavy atom. The third-order valence-corrected chi connectivity index (χ3v) is 3.54. The zero-order valence-corrected chi connectivity index (χ0v) is 13.3. The molecule has 0 aromatic heterocycles. The van der Waals surface area contributed by atoms with Crippen molar-refractivity contribution in [1.29, 1.82) is 0 Å². The first-order chi connectivity index (χ1) is 8.65. The molecule has 1 rings (SSSR count). The number of ether oxygens (including phenoxy) is 2. The molecule has 0 saturated carbocycles. The quantitative estimate of drug-likeness (QED) is 0.687. The standard InChI is InChI=1S/C14H18BrClO2/c1-4-10(9-15)6-11-7-12(16)14(18-5-2)13(8-11)17-3/h6-8H,4-5,9H2,1-3H3. The molecule has 0 fully saturated rings. The molecule has 1 aromatic rings. The molecule has 0 aliphatic heterocycles. The Balaban J connectivity index is 3.17. The third-order valence-electron chi connectivity index (χ3n) is 2.54. The highest BCUT2D eigenvalue weighted by Crippen LogP contribution is 2.37. The van der Waals surface area contributed by atoms with Crippen molar-refractivity contribution in [2.75, 3.05) is 19.0 Å². The number of halogens is 2. The van der Waals surface area contributed by atoms with Crippen molar-refractivity contribution in [1.82, 2.24) is 0 Å². The van der Waals surface area contributed by atoms with E-state index in [2.05, 4.69) is 28.9 Å². The van der Waals surface area contributed by atoms with E-state index in [-0.39, 0.29) is 0 Å². The van der Waals surface area contributed by atoms with Gasteiger partial charge in [-0.2, -0.15) is 0 Å². The average molecular weight is 334 g/mol. The smallest absolute Gasteiger partial charge is 0.179 e. The van der Waals surface area contributed by atoms with Gasteiger partial charge in [-0.15, -0.1) is 0 Å². The van der Waals surface area contributed by atoms with Crippen LogP contribution in [0, 0.1) is 0 Å². The van der Waals surface area contributed by atoms with Crippen molar-refractivity contribution >= 4 is 33.6 Å². The lowest BCUT2D eigenvalue weighted by atomic mass is 10.1. The number of hydrogen-bond donors (Lipinski definition) is 0. The Kier molecular flexibility index (Phi) is 6.58. The molecule has 4 heteroatoms. The summed E-state index contributed by atoms with van der Waals surface area (Å²) in [6.07, 6.45) is 3.11. The SMILES string of the molecule is CCOc1c(Cl)cc(C=C(CC)CBr)cc1OC. The van der Waals surface area contributed by atoms with Crippen LogP contribution in [0.5, 0.6) is 11.5 Å². The number of methoxy groups -OCH3 is 1. The molecular weight excluding hydrogens is 316 g/mol. The lowest BCUT2D eigenvalue weighted by Gasteiger charge is -2.12. The summed E-state index contributed by atoms with van der Waals surface area (Å²) in [7, 11) is 1.62. The molecule has 0 saturated heterocycles. The second kappa shape index (κ2) is 7.70. The Bertz CT molecular complexity index is 424. The first kappa shape index (κ1) is 15.4. The summed E-state index contributed by atoms with van der Waals surface area (Å²) in [5.74, 6) is 1.27. The second-order valence-electron chi connectivity index (χ2n) is 3.76. The zero-order valence-electron chi connectivity index (χ0n) is 10.9. The first-order valence-corrected chi connectivity index (χ1v) is 7.41. The number of alkyl halides is 1. The third kappa shape index (κ3) is 3.92. The van der Waals surface area contributed by atoms with Gasteiger partial charge in [-0.25, -0.2) is 0 Å². The summed E-state index contributed by atoms with van der Waals surface area (Å²) < 4.78 is 10.8. The highest BCUT2D eigenvalue weighted by atomic mass is 79.9. The van der Waals surface area contributed by atoms with E-state index in [0.717, 1.165) is 17.3 Å². The average Bonchev–Trinajstić information content (AvgIpc) is 2.38. The molecule has 100 valence electrons. The van der Waals surface area contributed by atoms with Crippen molar-refractivity contribution in [3.8, 4) is 11.5 Å². The fourth-order valence-corrected chi connectivity index (χ4v) is 2.41. The van der Waals surface area contributed by atoms with Gasteiger partial charge < -0.3 is 9.47 Å². The summed E-state index contributed by atoms with van der Waals surface area (Å²) in [4.78, 5) is 0. The van der Waals surface area contributed by atoms with E-state index in [9.17, 15) is 0 Å². The number of benzene rings is 1. The van der Waals surface area contributed by atoms with E-state index in [1.165, 1.54) is 5.57 Å². The van der Waals surface area contributed by atoms with Crippen LogP contribution in [-0.4, -0.2) is 19.0 Å². The van der Waals surface area contributed by atoms with Gasteiger partial charge in [-0.3, -0.25) is 0 Å². The molecule has 18 heavy (non-hydrogen) atoms. The van der Waals surface area contributed by atoms with Gasteiger partial charge >= 0.3 is 0 Å². The molecule has 0 aliphatic carbocycles. The van der Waals surface area contributed by atoms with Gasteiger partial charge in [0.15, 0.2) is 11.5 Å². The van der Waals surface area contributed by atoms with Crippen LogP contribution in [0.2, 0.25) is 5.02 Å². The van der Waals surface area contributed by atoms with Gasteiger partial charge in [0.2, 0.25) is 0 Å². The van der Waals surface area contributed by atoms with Crippen molar-refractivity contribution < 1.29 is 9.47 Å². The fraction of sp³-hybridized carbons (Fsp3) is 0.429. The van der Waals surface area contributed by atoms with Crippen molar-refractivity contribution in [2.45, 2.75) is 20.3 Å². The first-order valence-electron chi connectivity index (χ1n) is 5.91. The van der Waals surface area contributed by atoms with Crippen LogP contribution in [0.15, 0.2) is 17.7 Å². The van der Waals surface area contributed by atoms with Crippen LogP contribution in [-0.2, 0) is 0 Å². The molecule has 0 amide bonds. The second-order valence-corrected chi connectivity index (χ2v) is 4.72. The lowest BCUT2D eigenvalue weighted by Crippen LogP contribution is -1.97. The maximum absolute atomic E-state index is 6.22. The molecule has 1 aromatic carbocycles. The molecule has 0 atom stereocenters. The van der Waals surface area contributed by atoms with E-state index in [0.29, 0.717) is 23.1 Å². The Hall–Kier alpha value is -0.670. The van der Waals surface area contributed by atoms with Crippen molar-refractivity contribution in [3.63, 3.8) is 0 Å². The Morgan fingerprint density at radius 2 is 2.11 bits per heavy atom. The maximum Gasteiger partial charge on any atom is 0.179 e. The summed E-state index contributed by atoms with van der Waals surface area (Å²) >= 11 is 9.69. The zero-order chi connectivity index (χ0) is 13.5. The summed E-state index contributed by atoms with van der Waals surface area (Å²) in [5.41, 5.74) is 2.33. The van der Waals surface area contributed by atoms with Crippen LogP contribution < -0.4 is 9.47 Å². The van der Waals surface area contributed by atoms with Crippen LogP contribution in [0.1, 0.15) is 25.8 Å².